The summed E-state index contributed by atoms with van der Waals surface area (Å²) in [4.78, 5) is 8.35. The third-order valence-corrected chi connectivity index (χ3v) is 3.24. The van der Waals surface area contributed by atoms with Gasteiger partial charge in [0.15, 0.2) is 0 Å². The van der Waals surface area contributed by atoms with Gasteiger partial charge in [0.25, 0.3) is 0 Å². The average Bonchev–Trinajstić information content (AvgIpc) is 2.45. The number of ether oxygens (including phenoxy) is 1. The van der Waals surface area contributed by atoms with Crippen molar-refractivity contribution in [3.63, 3.8) is 0 Å². The van der Waals surface area contributed by atoms with Crippen LogP contribution in [0.25, 0.3) is 0 Å². The van der Waals surface area contributed by atoms with E-state index in [1.807, 2.05) is 6.07 Å². The number of rotatable bonds is 5. The lowest BCUT2D eigenvalue weighted by Crippen LogP contribution is -2.27. The molecule has 0 aromatic carbocycles. The number of aliphatic imine (C=N–C) groups is 1. The van der Waals surface area contributed by atoms with E-state index in [0.29, 0.717) is 17.6 Å². The number of dihydropyridines is 1. The highest BCUT2D eigenvalue weighted by atomic mass is 35.5. The van der Waals surface area contributed by atoms with Crippen LogP contribution in [0.4, 0.5) is 4.39 Å². The second kappa shape index (κ2) is 7.19. The molecule has 0 saturated carbocycles. The van der Waals surface area contributed by atoms with Crippen LogP contribution in [0.1, 0.15) is 11.1 Å². The molecule has 1 atom stereocenters. The zero-order valence-corrected chi connectivity index (χ0v) is 12.3. The summed E-state index contributed by atoms with van der Waals surface area (Å²) in [6, 6.07) is 1.58. The monoisotopic (exact) mass is 310 g/mol. The maximum absolute atomic E-state index is 12.1. The maximum atomic E-state index is 12.1. The summed E-state index contributed by atoms with van der Waals surface area (Å²) >= 11 is 6.02. The van der Waals surface area contributed by atoms with E-state index in [1.54, 1.807) is 31.6 Å². The normalized spacial score (nSPS) is 18.2. The number of nitrogens with zero attached hydrogens (tertiary/aromatic N) is 2. The smallest absolute Gasteiger partial charge is 0.230 e. The second-order valence-electron chi connectivity index (χ2n) is 4.49. The van der Waals surface area contributed by atoms with Gasteiger partial charge in [0, 0.05) is 23.5 Å². The van der Waals surface area contributed by atoms with Crippen molar-refractivity contribution in [2.24, 2.45) is 10.7 Å². The largest absolute Gasteiger partial charge is 0.446 e. The molecule has 1 aromatic rings. The Hall–Kier alpha value is -1.92. The number of aryl methyl sites for hydroxylation is 1. The SMILES string of the molecule is Cc1cc(CN=CC2=C(Cl)NC=CC2N)cnc1OCF. The fraction of sp³-hybridized carbons (Fsp3) is 0.286. The summed E-state index contributed by atoms with van der Waals surface area (Å²) < 4.78 is 16.9. The summed E-state index contributed by atoms with van der Waals surface area (Å²) in [5.41, 5.74) is 8.27. The van der Waals surface area contributed by atoms with Gasteiger partial charge in [-0.15, -0.1) is 0 Å². The van der Waals surface area contributed by atoms with Gasteiger partial charge in [-0.3, -0.25) is 4.99 Å². The van der Waals surface area contributed by atoms with Crippen LogP contribution in [-0.2, 0) is 6.54 Å². The zero-order valence-electron chi connectivity index (χ0n) is 11.5. The van der Waals surface area contributed by atoms with Crippen LogP contribution in [0.15, 0.2) is 40.3 Å². The van der Waals surface area contributed by atoms with Gasteiger partial charge in [-0.2, -0.15) is 0 Å². The molecule has 0 bridgehead atoms. The number of hydrogen-bond donors (Lipinski definition) is 2. The highest BCUT2D eigenvalue weighted by Gasteiger charge is 2.12. The summed E-state index contributed by atoms with van der Waals surface area (Å²) in [5.74, 6) is 0.291. The summed E-state index contributed by atoms with van der Waals surface area (Å²) in [6.45, 7) is 1.33. The Labute approximate surface area is 127 Å². The maximum Gasteiger partial charge on any atom is 0.230 e. The fourth-order valence-corrected chi connectivity index (χ4v) is 2.10. The molecule has 5 nitrogen and oxygen atoms in total. The predicted molar refractivity (Wildman–Crippen MR) is 80.9 cm³/mol. The minimum atomic E-state index is -0.892. The van der Waals surface area contributed by atoms with E-state index in [1.165, 1.54) is 0 Å². The molecule has 0 saturated heterocycles. The van der Waals surface area contributed by atoms with Crippen molar-refractivity contribution < 1.29 is 9.13 Å². The number of hydrogen-bond acceptors (Lipinski definition) is 5. The molecule has 0 aliphatic carbocycles. The van der Waals surface area contributed by atoms with E-state index in [-0.39, 0.29) is 6.04 Å². The molecule has 7 heteroatoms. The first kappa shape index (κ1) is 15.5. The number of alkyl halides is 1. The Bertz CT molecular complexity index is 601. The molecular weight excluding hydrogens is 295 g/mol. The summed E-state index contributed by atoms with van der Waals surface area (Å²) in [5, 5.41) is 3.34. The molecule has 0 radical (unpaired) electrons. The minimum absolute atomic E-state index is 0.275. The van der Waals surface area contributed by atoms with E-state index in [2.05, 4.69) is 15.3 Å². The minimum Gasteiger partial charge on any atom is -0.446 e. The highest BCUT2D eigenvalue weighted by Crippen LogP contribution is 2.17. The van der Waals surface area contributed by atoms with Gasteiger partial charge in [0.2, 0.25) is 12.7 Å². The van der Waals surface area contributed by atoms with Crippen molar-refractivity contribution in [2.75, 3.05) is 6.86 Å². The van der Waals surface area contributed by atoms with Crippen LogP contribution >= 0.6 is 11.6 Å². The third kappa shape index (κ3) is 4.03. The van der Waals surface area contributed by atoms with Gasteiger partial charge >= 0.3 is 0 Å². The first-order valence-electron chi connectivity index (χ1n) is 6.34. The van der Waals surface area contributed by atoms with Gasteiger partial charge in [0.1, 0.15) is 5.16 Å². The van der Waals surface area contributed by atoms with Crippen LogP contribution in [0.5, 0.6) is 5.88 Å². The average molecular weight is 311 g/mol. The molecule has 2 rings (SSSR count). The number of pyridine rings is 1. The lowest BCUT2D eigenvalue weighted by molar-refractivity contribution is 0.183. The molecule has 3 N–H and O–H groups in total. The molecule has 0 spiro atoms. The highest BCUT2D eigenvalue weighted by molar-refractivity contribution is 6.31. The van der Waals surface area contributed by atoms with E-state index in [4.69, 9.17) is 22.1 Å². The molecule has 1 aromatic heterocycles. The van der Waals surface area contributed by atoms with Gasteiger partial charge in [0.05, 0.1) is 12.6 Å². The van der Waals surface area contributed by atoms with Crippen molar-refractivity contribution in [3.8, 4) is 5.88 Å². The standard InChI is InChI=1S/C14H16ClFN4O/c1-9-4-10(6-20-14(9)21-8-16)5-18-7-11-12(17)2-3-19-13(11)15/h2-4,6-7,12,19H,5,8,17H2,1H3. The molecular formula is C14H16ClFN4O. The molecule has 1 aliphatic heterocycles. The Kier molecular flexibility index (Phi) is 5.30. The fourth-order valence-electron chi connectivity index (χ4n) is 1.86. The number of nitrogens with one attached hydrogen (secondary N) is 1. The van der Waals surface area contributed by atoms with E-state index in [0.717, 1.165) is 16.7 Å². The summed E-state index contributed by atoms with van der Waals surface area (Å²) in [7, 11) is 0. The molecule has 0 fully saturated rings. The van der Waals surface area contributed by atoms with Gasteiger partial charge in [-0.05, 0) is 30.8 Å². The molecule has 1 aliphatic rings. The third-order valence-electron chi connectivity index (χ3n) is 2.91. The van der Waals surface area contributed by atoms with Gasteiger partial charge in [-0.25, -0.2) is 9.37 Å². The van der Waals surface area contributed by atoms with Crippen molar-refractivity contribution in [3.05, 3.63) is 46.4 Å². The lowest BCUT2D eigenvalue weighted by Gasteiger charge is -2.15. The van der Waals surface area contributed by atoms with Crippen molar-refractivity contribution in [2.45, 2.75) is 19.5 Å². The van der Waals surface area contributed by atoms with Crippen molar-refractivity contribution in [1.29, 1.82) is 0 Å². The number of aromatic nitrogens is 1. The first-order chi connectivity index (χ1) is 10.1. The Morgan fingerprint density at radius 1 is 1.62 bits per heavy atom. The Morgan fingerprint density at radius 2 is 2.43 bits per heavy atom. The quantitative estimate of drug-likeness (QED) is 0.646. The number of halogens is 2. The van der Waals surface area contributed by atoms with Crippen LogP contribution in [0.2, 0.25) is 0 Å². The molecule has 0 amide bonds. The van der Waals surface area contributed by atoms with Crippen LogP contribution in [0, 0.1) is 6.92 Å². The molecule has 1 unspecified atom stereocenters. The van der Waals surface area contributed by atoms with Crippen molar-refractivity contribution in [1.82, 2.24) is 10.3 Å². The molecule has 2 heterocycles. The number of nitrogens with two attached hydrogens (primary N) is 1. The van der Waals surface area contributed by atoms with Crippen LogP contribution in [-0.4, -0.2) is 24.1 Å². The van der Waals surface area contributed by atoms with Gasteiger partial charge in [-0.1, -0.05) is 11.6 Å². The van der Waals surface area contributed by atoms with Gasteiger partial charge < -0.3 is 15.8 Å². The lowest BCUT2D eigenvalue weighted by atomic mass is 10.1. The Balaban J connectivity index is 2.03. The topological polar surface area (TPSA) is 72.5 Å². The van der Waals surface area contributed by atoms with E-state index >= 15 is 0 Å². The van der Waals surface area contributed by atoms with Crippen LogP contribution in [0.3, 0.4) is 0 Å². The van der Waals surface area contributed by atoms with Crippen LogP contribution < -0.4 is 15.8 Å². The zero-order chi connectivity index (χ0) is 15.2. The predicted octanol–water partition coefficient (Wildman–Crippen LogP) is 2.16. The molecule has 21 heavy (non-hydrogen) atoms. The Morgan fingerprint density at radius 3 is 3.10 bits per heavy atom. The van der Waals surface area contributed by atoms with E-state index < -0.39 is 6.86 Å². The molecule has 112 valence electrons. The van der Waals surface area contributed by atoms with Crippen molar-refractivity contribution >= 4 is 17.8 Å². The summed E-state index contributed by atoms with van der Waals surface area (Å²) in [6.07, 6.45) is 6.73. The second-order valence-corrected chi connectivity index (χ2v) is 4.87. The van der Waals surface area contributed by atoms with E-state index in [9.17, 15) is 4.39 Å². The first-order valence-corrected chi connectivity index (χ1v) is 6.72.